The summed E-state index contributed by atoms with van der Waals surface area (Å²) >= 11 is 0. The van der Waals surface area contributed by atoms with Crippen molar-refractivity contribution in [3.8, 4) is 0 Å². The molecular formula is C24H37IN4O2. The Morgan fingerprint density at radius 3 is 2.52 bits per heavy atom. The predicted octanol–water partition coefficient (Wildman–Crippen LogP) is 4.24. The van der Waals surface area contributed by atoms with Crippen molar-refractivity contribution >= 4 is 29.9 Å². The minimum atomic E-state index is -1.10. The number of benzene rings is 1. The number of aliphatic hydroxyl groups is 1. The van der Waals surface area contributed by atoms with Gasteiger partial charge in [-0.15, -0.1) is 24.0 Å². The number of furan rings is 1. The van der Waals surface area contributed by atoms with Crippen molar-refractivity contribution in [1.29, 1.82) is 0 Å². The van der Waals surface area contributed by atoms with Gasteiger partial charge in [-0.25, -0.2) is 4.99 Å². The summed E-state index contributed by atoms with van der Waals surface area (Å²) in [6.45, 7) is 8.83. The lowest BCUT2D eigenvalue weighted by Crippen LogP contribution is -2.44. The van der Waals surface area contributed by atoms with Gasteiger partial charge in [-0.1, -0.05) is 37.1 Å². The molecule has 0 bridgehead atoms. The molecule has 1 aliphatic heterocycles. The summed E-state index contributed by atoms with van der Waals surface area (Å²) in [5.41, 5.74) is 1.44. The van der Waals surface area contributed by atoms with Gasteiger partial charge in [0.1, 0.15) is 11.4 Å². The Morgan fingerprint density at radius 1 is 1.10 bits per heavy atom. The SMILES string of the molecule is CCNC(=NCc1cccc(CN2CCCCCC2)c1)NCC(C)(O)c1ccco1.I. The first-order chi connectivity index (χ1) is 14.6. The van der Waals surface area contributed by atoms with E-state index < -0.39 is 5.60 Å². The molecule has 0 amide bonds. The average Bonchev–Trinajstić information content (AvgIpc) is 3.18. The Balaban J connectivity index is 0.00000341. The lowest BCUT2D eigenvalue weighted by molar-refractivity contribution is 0.0386. The van der Waals surface area contributed by atoms with Crippen LogP contribution in [0.3, 0.4) is 0 Å². The summed E-state index contributed by atoms with van der Waals surface area (Å²) in [6, 6.07) is 12.3. The molecule has 3 N–H and O–H groups in total. The smallest absolute Gasteiger partial charge is 0.191 e. The molecular weight excluding hydrogens is 503 g/mol. The molecule has 0 saturated carbocycles. The third-order valence-electron chi connectivity index (χ3n) is 5.51. The van der Waals surface area contributed by atoms with Crippen molar-refractivity contribution in [2.45, 2.75) is 58.2 Å². The number of guanidine groups is 1. The minimum absolute atomic E-state index is 0. The molecule has 0 radical (unpaired) electrons. The summed E-state index contributed by atoms with van der Waals surface area (Å²) in [7, 11) is 0. The first-order valence-corrected chi connectivity index (χ1v) is 11.2. The summed E-state index contributed by atoms with van der Waals surface area (Å²) in [5.74, 6) is 1.22. The van der Waals surface area contributed by atoms with Crippen LogP contribution in [0.5, 0.6) is 0 Å². The summed E-state index contributed by atoms with van der Waals surface area (Å²) in [4.78, 5) is 7.28. The third kappa shape index (κ3) is 8.46. The standard InChI is InChI=1S/C24H36N4O2.HI/c1-3-25-23(27-19-24(2,29)22-12-9-15-30-22)26-17-20-10-8-11-21(16-20)18-28-13-6-4-5-7-14-28;/h8-12,15-16,29H,3-7,13-14,17-19H2,1-2H3,(H2,25,26,27);1H. The predicted molar refractivity (Wildman–Crippen MR) is 137 cm³/mol. The lowest BCUT2D eigenvalue weighted by atomic mass is 10.0. The van der Waals surface area contributed by atoms with Crippen LogP contribution in [-0.2, 0) is 18.7 Å². The second-order valence-electron chi connectivity index (χ2n) is 8.31. The molecule has 2 heterocycles. The molecule has 1 fully saturated rings. The monoisotopic (exact) mass is 540 g/mol. The van der Waals surface area contributed by atoms with Crippen molar-refractivity contribution in [2.24, 2.45) is 4.99 Å². The molecule has 172 valence electrons. The van der Waals surface area contributed by atoms with Gasteiger partial charge in [0.2, 0.25) is 0 Å². The molecule has 1 aromatic heterocycles. The van der Waals surface area contributed by atoms with Crippen molar-refractivity contribution in [1.82, 2.24) is 15.5 Å². The number of nitrogens with zero attached hydrogens (tertiary/aromatic N) is 2. The van der Waals surface area contributed by atoms with Crippen LogP contribution in [-0.4, -0.2) is 42.1 Å². The Labute approximate surface area is 203 Å². The van der Waals surface area contributed by atoms with Crippen LogP contribution in [0.25, 0.3) is 0 Å². The quantitative estimate of drug-likeness (QED) is 0.266. The lowest BCUT2D eigenvalue weighted by Gasteiger charge is -2.22. The number of rotatable bonds is 8. The van der Waals surface area contributed by atoms with E-state index in [4.69, 9.17) is 9.41 Å². The van der Waals surface area contributed by atoms with Crippen molar-refractivity contribution < 1.29 is 9.52 Å². The molecule has 1 saturated heterocycles. The summed E-state index contributed by atoms with van der Waals surface area (Å²) < 4.78 is 5.35. The zero-order chi connectivity index (χ0) is 21.2. The first kappa shape index (κ1) is 25.7. The Hall–Kier alpha value is -1.58. The molecule has 1 aliphatic rings. The van der Waals surface area contributed by atoms with Crippen molar-refractivity contribution in [3.63, 3.8) is 0 Å². The highest BCUT2D eigenvalue weighted by molar-refractivity contribution is 14.0. The van der Waals surface area contributed by atoms with Crippen LogP contribution in [0, 0.1) is 0 Å². The average molecular weight is 540 g/mol. The van der Waals surface area contributed by atoms with Gasteiger partial charge in [-0.05, 0) is 63.0 Å². The summed E-state index contributed by atoms with van der Waals surface area (Å²) in [5, 5.41) is 17.1. The van der Waals surface area contributed by atoms with Crippen molar-refractivity contribution in [2.75, 3.05) is 26.2 Å². The molecule has 7 heteroatoms. The molecule has 1 aromatic carbocycles. The Morgan fingerprint density at radius 2 is 1.84 bits per heavy atom. The number of likely N-dealkylation sites (tertiary alicyclic amines) is 1. The van der Waals surface area contributed by atoms with Gasteiger partial charge < -0.3 is 20.2 Å². The van der Waals surface area contributed by atoms with E-state index in [0.717, 1.165) is 13.1 Å². The molecule has 0 aliphatic carbocycles. The van der Waals surface area contributed by atoms with E-state index in [9.17, 15) is 5.11 Å². The number of halogens is 1. The highest BCUT2D eigenvalue weighted by atomic mass is 127. The van der Waals surface area contributed by atoms with Crippen LogP contribution >= 0.6 is 24.0 Å². The van der Waals surface area contributed by atoms with E-state index in [1.165, 1.54) is 49.9 Å². The number of aliphatic imine (C=N–C) groups is 1. The second kappa shape index (κ2) is 13.1. The second-order valence-corrected chi connectivity index (χ2v) is 8.31. The van der Waals surface area contributed by atoms with Gasteiger partial charge in [0.15, 0.2) is 5.96 Å². The van der Waals surface area contributed by atoms with Crippen molar-refractivity contribution in [3.05, 3.63) is 59.5 Å². The number of hydrogen-bond donors (Lipinski definition) is 3. The molecule has 1 atom stereocenters. The molecule has 2 aromatic rings. The number of hydrogen-bond acceptors (Lipinski definition) is 4. The zero-order valence-corrected chi connectivity index (χ0v) is 21.1. The van der Waals surface area contributed by atoms with E-state index in [1.54, 1.807) is 25.3 Å². The maximum Gasteiger partial charge on any atom is 0.191 e. The maximum absolute atomic E-state index is 10.6. The Kier molecular flexibility index (Phi) is 10.8. The van der Waals surface area contributed by atoms with Gasteiger partial charge in [0.05, 0.1) is 19.4 Å². The summed E-state index contributed by atoms with van der Waals surface area (Å²) in [6.07, 6.45) is 6.91. The molecule has 31 heavy (non-hydrogen) atoms. The van der Waals surface area contributed by atoms with Crippen LogP contribution in [0.1, 0.15) is 56.4 Å². The normalized spacial score (nSPS) is 17.3. The number of nitrogens with one attached hydrogen (secondary N) is 2. The first-order valence-electron chi connectivity index (χ1n) is 11.2. The molecule has 0 spiro atoms. The zero-order valence-electron chi connectivity index (χ0n) is 18.8. The fourth-order valence-electron chi connectivity index (χ4n) is 3.82. The Bertz CT molecular complexity index is 785. The molecule has 3 rings (SSSR count). The van der Waals surface area contributed by atoms with E-state index in [2.05, 4.69) is 39.8 Å². The van der Waals surface area contributed by atoms with Gasteiger partial charge in [-0.2, -0.15) is 0 Å². The van der Waals surface area contributed by atoms with Crippen LogP contribution in [0.2, 0.25) is 0 Å². The molecule has 1 unspecified atom stereocenters. The van der Waals surface area contributed by atoms with E-state index >= 15 is 0 Å². The van der Waals surface area contributed by atoms with Crippen LogP contribution < -0.4 is 10.6 Å². The highest BCUT2D eigenvalue weighted by Crippen LogP contribution is 2.19. The maximum atomic E-state index is 10.6. The van der Waals surface area contributed by atoms with E-state index in [1.807, 2.05) is 6.92 Å². The largest absolute Gasteiger partial charge is 0.466 e. The molecule has 6 nitrogen and oxygen atoms in total. The van der Waals surface area contributed by atoms with Gasteiger partial charge >= 0.3 is 0 Å². The van der Waals surface area contributed by atoms with Crippen LogP contribution in [0.4, 0.5) is 0 Å². The minimum Gasteiger partial charge on any atom is -0.466 e. The van der Waals surface area contributed by atoms with Gasteiger partial charge in [0.25, 0.3) is 0 Å². The van der Waals surface area contributed by atoms with Gasteiger partial charge in [-0.3, -0.25) is 4.90 Å². The third-order valence-corrected chi connectivity index (χ3v) is 5.51. The topological polar surface area (TPSA) is 73.0 Å². The van der Waals surface area contributed by atoms with Crippen LogP contribution in [0.15, 0.2) is 52.1 Å². The highest BCUT2D eigenvalue weighted by Gasteiger charge is 2.26. The fraction of sp³-hybridized carbons (Fsp3) is 0.542. The van der Waals surface area contributed by atoms with E-state index in [-0.39, 0.29) is 24.0 Å². The van der Waals surface area contributed by atoms with Gasteiger partial charge in [0, 0.05) is 13.1 Å². The van der Waals surface area contributed by atoms with E-state index in [0.29, 0.717) is 24.8 Å². The fourth-order valence-corrected chi connectivity index (χ4v) is 3.82.